The first kappa shape index (κ1) is 24.0. The molecular weight excluding hydrogens is 475 g/mol. The molecule has 0 saturated carbocycles. The van der Waals surface area contributed by atoms with E-state index in [1.807, 2.05) is 42.5 Å². The lowest BCUT2D eigenvalue weighted by Gasteiger charge is -2.17. The number of hydrogen-bond acceptors (Lipinski definition) is 5. The van der Waals surface area contributed by atoms with Crippen LogP contribution in [0.25, 0.3) is 10.8 Å². The van der Waals surface area contributed by atoms with E-state index in [9.17, 15) is 18.8 Å². The summed E-state index contributed by atoms with van der Waals surface area (Å²) in [7, 11) is 0. The molecule has 7 nitrogen and oxygen atoms in total. The number of benzene rings is 4. The zero-order valence-corrected chi connectivity index (χ0v) is 19.7. The zero-order valence-electron chi connectivity index (χ0n) is 19.7. The standard InChI is InChI=1S/C29H23FN2O5/c30-21-8-10-22(11-9-21)31-27(33)18-36-29(35)20-16-28(34)32(17-20)23-12-14-24(15-13-23)37-26-7-3-5-19-4-1-2-6-25(19)26/h1-15,20H,16-18H2,(H,31,33)/t20-/m0/s1. The third-order valence-electron chi connectivity index (χ3n) is 6.06. The van der Waals surface area contributed by atoms with E-state index in [2.05, 4.69) is 5.32 Å². The van der Waals surface area contributed by atoms with Crippen LogP contribution >= 0.6 is 0 Å². The molecule has 5 rings (SSSR count). The summed E-state index contributed by atoms with van der Waals surface area (Å²) < 4.78 is 24.2. The van der Waals surface area contributed by atoms with Crippen LogP contribution < -0.4 is 15.0 Å². The number of ether oxygens (including phenoxy) is 2. The summed E-state index contributed by atoms with van der Waals surface area (Å²) in [5, 5.41) is 4.59. The average Bonchev–Trinajstić information content (AvgIpc) is 3.31. The highest BCUT2D eigenvalue weighted by molar-refractivity contribution is 6.00. The van der Waals surface area contributed by atoms with Gasteiger partial charge in [0.05, 0.1) is 5.92 Å². The number of amides is 2. The van der Waals surface area contributed by atoms with E-state index in [0.29, 0.717) is 17.1 Å². The normalized spacial score (nSPS) is 15.0. The molecule has 37 heavy (non-hydrogen) atoms. The van der Waals surface area contributed by atoms with Crippen molar-refractivity contribution in [3.05, 3.63) is 96.8 Å². The van der Waals surface area contributed by atoms with E-state index in [0.717, 1.165) is 16.5 Å². The Labute approximate surface area is 212 Å². The number of hydrogen-bond donors (Lipinski definition) is 1. The van der Waals surface area contributed by atoms with Crippen LogP contribution in [0.3, 0.4) is 0 Å². The van der Waals surface area contributed by atoms with Crippen LogP contribution in [0.5, 0.6) is 11.5 Å². The summed E-state index contributed by atoms with van der Waals surface area (Å²) >= 11 is 0. The predicted molar refractivity (Wildman–Crippen MR) is 137 cm³/mol. The first-order valence-electron chi connectivity index (χ1n) is 11.7. The van der Waals surface area contributed by atoms with Crippen LogP contribution in [-0.4, -0.2) is 30.9 Å². The topological polar surface area (TPSA) is 84.9 Å². The van der Waals surface area contributed by atoms with Crippen molar-refractivity contribution >= 4 is 39.9 Å². The second-order valence-corrected chi connectivity index (χ2v) is 8.64. The van der Waals surface area contributed by atoms with Gasteiger partial charge in [0.15, 0.2) is 6.61 Å². The lowest BCUT2D eigenvalue weighted by atomic mass is 10.1. The van der Waals surface area contributed by atoms with E-state index < -0.39 is 30.2 Å². The fraction of sp³-hybridized carbons (Fsp3) is 0.138. The molecule has 1 fully saturated rings. The summed E-state index contributed by atoms with van der Waals surface area (Å²) in [6, 6.07) is 26.1. The molecule has 1 N–H and O–H groups in total. The van der Waals surface area contributed by atoms with Gasteiger partial charge in [0, 0.05) is 29.7 Å². The van der Waals surface area contributed by atoms with E-state index in [-0.39, 0.29) is 18.9 Å². The van der Waals surface area contributed by atoms with Crippen molar-refractivity contribution in [2.75, 3.05) is 23.4 Å². The van der Waals surface area contributed by atoms with Gasteiger partial charge in [-0.25, -0.2) is 4.39 Å². The maximum Gasteiger partial charge on any atom is 0.311 e. The van der Waals surface area contributed by atoms with Crippen LogP contribution in [0.1, 0.15) is 6.42 Å². The number of nitrogens with zero attached hydrogens (tertiary/aromatic N) is 1. The maximum absolute atomic E-state index is 13.0. The number of halogens is 1. The Morgan fingerprint density at radius 3 is 2.43 bits per heavy atom. The third-order valence-corrected chi connectivity index (χ3v) is 6.06. The summed E-state index contributed by atoms with van der Waals surface area (Å²) in [6.45, 7) is -0.345. The highest BCUT2D eigenvalue weighted by Crippen LogP contribution is 2.32. The predicted octanol–water partition coefficient (Wildman–Crippen LogP) is 5.31. The average molecular weight is 499 g/mol. The third kappa shape index (κ3) is 5.59. The van der Waals surface area contributed by atoms with Crippen LogP contribution in [0.4, 0.5) is 15.8 Å². The molecule has 0 aliphatic carbocycles. The molecule has 0 unspecified atom stereocenters. The van der Waals surface area contributed by atoms with Crippen molar-refractivity contribution in [1.82, 2.24) is 0 Å². The molecule has 1 saturated heterocycles. The number of fused-ring (bicyclic) bond motifs is 1. The highest BCUT2D eigenvalue weighted by Gasteiger charge is 2.36. The minimum absolute atomic E-state index is 0.00727. The molecule has 8 heteroatoms. The Balaban J connectivity index is 1.16. The van der Waals surface area contributed by atoms with Crippen LogP contribution in [0, 0.1) is 11.7 Å². The van der Waals surface area contributed by atoms with E-state index in [1.165, 1.54) is 29.2 Å². The Morgan fingerprint density at radius 1 is 0.919 bits per heavy atom. The first-order chi connectivity index (χ1) is 18.0. The van der Waals surface area contributed by atoms with Crippen molar-refractivity contribution in [3.8, 4) is 11.5 Å². The molecule has 1 aliphatic rings. The molecule has 2 amide bonds. The second kappa shape index (κ2) is 10.5. The Bertz CT molecular complexity index is 1450. The lowest BCUT2D eigenvalue weighted by molar-refractivity contribution is -0.151. The zero-order chi connectivity index (χ0) is 25.8. The smallest absolute Gasteiger partial charge is 0.311 e. The Hall–Kier alpha value is -4.72. The number of esters is 1. The van der Waals surface area contributed by atoms with Gasteiger partial charge in [-0.3, -0.25) is 14.4 Å². The van der Waals surface area contributed by atoms with Gasteiger partial charge in [0.1, 0.15) is 17.3 Å². The lowest BCUT2D eigenvalue weighted by Crippen LogP contribution is -2.28. The maximum atomic E-state index is 13.0. The Morgan fingerprint density at radius 2 is 1.65 bits per heavy atom. The molecule has 1 atom stereocenters. The molecule has 0 aromatic heterocycles. The number of carbonyl (C=O) groups excluding carboxylic acids is 3. The summed E-state index contributed by atoms with van der Waals surface area (Å²) in [6.07, 6.45) is -0.00727. The summed E-state index contributed by atoms with van der Waals surface area (Å²) in [5.74, 6) is -1.14. The van der Waals surface area contributed by atoms with Gasteiger partial charge in [-0.15, -0.1) is 0 Å². The fourth-order valence-corrected chi connectivity index (χ4v) is 4.21. The number of anilines is 2. The molecule has 0 bridgehead atoms. The SMILES string of the molecule is O=C(COC(=O)[C@H]1CC(=O)N(c2ccc(Oc3cccc4ccccc34)cc2)C1)Nc1ccc(F)cc1. The summed E-state index contributed by atoms with van der Waals surface area (Å²) in [4.78, 5) is 38.6. The quantitative estimate of drug-likeness (QED) is 0.349. The van der Waals surface area contributed by atoms with E-state index in [4.69, 9.17) is 9.47 Å². The molecular formula is C29H23FN2O5. The second-order valence-electron chi connectivity index (χ2n) is 8.64. The van der Waals surface area contributed by atoms with E-state index in [1.54, 1.807) is 24.3 Å². The molecule has 0 spiro atoms. The molecule has 186 valence electrons. The van der Waals surface area contributed by atoms with Crippen LogP contribution in [-0.2, 0) is 19.1 Å². The van der Waals surface area contributed by atoms with E-state index >= 15 is 0 Å². The van der Waals surface area contributed by atoms with Gasteiger partial charge < -0.3 is 19.7 Å². The molecule has 1 heterocycles. The monoisotopic (exact) mass is 498 g/mol. The van der Waals surface area contributed by atoms with Crippen LogP contribution in [0.15, 0.2) is 91.0 Å². The van der Waals surface area contributed by atoms with Gasteiger partial charge >= 0.3 is 5.97 Å². The summed E-state index contributed by atoms with van der Waals surface area (Å²) in [5.41, 5.74) is 1.03. The molecule has 1 aliphatic heterocycles. The number of rotatable bonds is 7. The van der Waals surface area contributed by atoms with Crippen molar-refractivity contribution in [2.45, 2.75) is 6.42 Å². The van der Waals surface area contributed by atoms with Gasteiger partial charge in [-0.1, -0.05) is 36.4 Å². The molecule has 0 radical (unpaired) electrons. The first-order valence-corrected chi connectivity index (χ1v) is 11.7. The largest absolute Gasteiger partial charge is 0.457 e. The van der Waals surface area contributed by atoms with Gasteiger partial charge in [0.2, 0.25) is 5.91 Å². The van der Waals surface area contributed by atoms with Crippen molar-refractivity contribution < 1.29 is 28.2 Å². The van der Waals surface area contributed by atoms with Gasteiger partial charge in [-0.2, -0.15) is 0 Å². The Kier molecular flexibility index (Phi) is 6.81. The van der Waals surface area contributed by atoms with Crippen molar-refractivity contribution in [1.29, 1.82) is 0 Å². The number of nitrogens with one attached hydrogen (secondary N) is 1. The van der Waals surface area contributed by atoms with Gasteiger partial charge in [0.25, 0.3) is 5.91 Å². The fourth-order valence-electron chi connectivity index (χ4n) is 4.21. The van der Waals surface area contributed by atoms with Crippen molar-refractivity contribution in [2.24, 2.45) is 5.92 Å². The van der Waals surface area contributed by atoms with Crippen LogP contribution in [0.2, 0.25) is 0 Å². The van der Waals surface area contributed by atoms with Gasteiger partial charge in [-0.05, 0) is 60.0 Å². The minimum atomic E-state index is -0.683. The minimum Gasteiger partial charge on any atom is -0.457 e. The number of carbonyl (C=O) groups is 3. The molecule has 4 aromatic rings. The van der Waals surface area contributed by atoms with Crippen molar-refractivity contribution in [3.63, 3.8) is 0 Å². The molecule has 4 aromatic carbocycles. The highest BCUT2D eigenvalue weighted by atomic mass is 19.1.